The number of anilines is 1. The number of hydrogen-bond donors (Lipinski definition) is 1. The smallest absolute Gasteiger partial charge is 0.267 e. The minimum atomic E-state index is -0.542. The number of rotatable bonds is 6. The topological polar surface area (TPSA) is 94.2 Å². The number of carbonyl (C=O) groups is 1. The molecule has 7 nitrogen and oxygen atoms in total. The van der Waals surface area contributed by atoms with Crippen LogP contribution in [0.4, 0.5) is 5.82 Å². The maximum absolute atomic E-state index is 11.2. The van der Waals surface area contributed by atoms with E-state index in [-0.39, 0.29) is 5.69 Å². The molecule has 3 heterocycles. The lowest BCUT2D eigenvalue weighted by atomic mass is 9.83. The summed E-state index contributed by atoms with van der Waals surface area (Å²) in [5.41, 5.74) is 6.69. The average molecular weight is 367 g/mol. The Kier molecular flexibility index (Phi) is 5.18. The van der Waals surface area contributed by atoms with Gasteiger partial charge in [0.05, 0.1) is 6.61 Å². The predicted molar refractivity (Wildman–Crippen MR) is 102 cm³/mol. The van der Waals surface area contributed by atoms with E-state index < -0.39 is 5.91 Å². The van der Waals surface area contributed by atoms with Crippen LogP contribution in [0.1, 0.15) is 54.2 Å². The summed E-state index contributed by atoms with van der Waals surface area (Å²) in [5, 5.41) is 0. The molecule has 4 rings (SSSR count). The number of carbonyl (C=O) groups excluding carboxylic acids is 1. The van der Waals surface area contributed by atoms with Gasteiger partial charge in [-0.05, 0) is 37.7 Å². The summed E-state index contributed by atoms with van der Waals surface area (Å²) >= 11 is 0. The van der Waals surface area contributed by atoms with Crippen molar-refractivity contribution in [1.29, 1.82) is 0 Å². The number of piperidine rings is 1. The normalized spacial score (nSPS) is 18.1. The molecular formula is C20H25N5O2. The number of aromatic nitrogens is 3. The minimum absolute atomic E-state index is 0.230. The molecule has 0 atom stereocenters. The highest BCUT2D eigenvalue weighted by molar-refractivity contribution is 5.91. The van der Waals surface area contributed by atoms with Gasteiger partial charge in [0.1, 0.15) is 23.6 Å². The predicted octanol–water partition coefficient (Wildman–Crippen LogP) is 2.53. The van der Waals surface area contributed by atoms with E-state index >= 15 is 0 Å². The van der Waals surface area contributed by atoms with Crippen LogP contribution in [-0.4, -0.2) is 40.6 Å². The van der Waals surface area contributed by atoms with E-state index in [4.69, 9.17) is 10.5 Å². The van der Waals surface area contributed by atoms with Crippen LogP contribution in [-0.2, 0) is 0 Å². The van der Waals surface area contributed by atoms with Gasteiger partial charge in [-0.1, -0.05) is 6.42 Å². The Morgan fingerprint density at radius 3 is 2.67 bits per heavy atom. The molecule has 1 saturated carbocycles. The third-order valence-electron chi connectivity index (χ3n) is 5.61. The van der Waals surface area contributed by atoms with Gasteiger partial charge in [-0.25, -0.2) is 9.97 Å². The van der Waals surface area contributed by atoms with Crippen LogP contribution in [0.15, 0.2) is 30.7 Å². The molecule has 1 amide bonds. The monoisotopic (exact) mass is 367 g/mol. The van der Waals surface area contributed by atoms with Crippen molar-refractivity contribution in [1.82, 2.24) is 15.0 Å². The molecule has 0 aromatic carbocycles. The molecule has 2 fully saturated rings. The molecule has 2 aromatic rings. The standard InChI is InChI=1S/C20H25N5O2/c21-20(26)18-10-16(4-7-22-18)27-12-14-5-8-25(9-6-14)19-11-17(23-13-24-19)15-2-1-3-15/h4,7,10-11,13-15H,1-3,5-6,8-9,12H2,(H2,21,26). The average Bonchev–Trinajstić information content (AvgIpc) is 2.66. The SMILES string of the molecule is NC(=O)c1cc(OCC2CCN(c3cc(C4CCC4)ncn3)CC2)ccn1. The molecule has 1 aliphatic heterocycles. The summed E-state index contributed by atoms with van der Waals surface area (Å²) in [6.07, 6.45) is 9.18. The molecule has 142 valence electrons. The lowest BCUT2D eigenvalue weighted by Gasteiger charge is -2.33. The summed E-state index contributed by atoms with van der Waals surface area (Å²) in [5.74, 6) is 2.26. The van der Waals surface area contributed by atoms with Gasteiger partial charge in [-0.15, -0.1) is 0 Å². The van der Waals surface area contributed by atoms with Gasteiger partial charge in [0.2, 0.25) is 0 Å². The molecule has 0 bridgehead atoms. The second kappa shape index (κ2) is 7.90. The van der Waals surface area contributed by atoms with Gasteiger partial charge in [0.15, 0.2) is 0 Å². The number of primary amides is 1. The van der Waals surface area contributed by atoms with Crippen molar-refractivity contribution in [2.75, 3.05) is 24.6 Å². The van der Waals surface area contributed by atoms with Crippen LogP contribution in [0.5, 0.6) is 5.75 Å². The van der Waals surface area contributed by atoms with Gasteiger partial charge in [0.25, 0.3) is 5.91 Å². The highest BCUT2D eigenvalue weighted by atomic mass is 16.5. The fourth-order valence-electron chi connectivity index (χ4n) is 3.64. The number of amides is 1. The first-order valence-electron chi connectivity index (χ1n) is 9.64. The van der Waals surface area contributed by atoms with Crippen molar-refractivity contribution in [3.63, 3.8) is 0 Å². The molecule has 1 aliphatic carbocycles. The van der Waals surface area contributed by atoms with E-state index in [2.05, 4.69) is 25.9 Å². The fourth-order valence-corrected chi connectivity index (χ4v) is 3.64. The molecule has 0 spiro atoms. The van der Waals surface area contributed by atoms with E-state index in [1.54, 1.807) is 24.7 Å². The Bertz CT molecular complexity index is 800. The Hall–Kier alpha value is -2.70. The molecule has 2 aliphatic rings. The van der Waals surface area contributed by atoms with E-state index in [0.717, 1.165) is 31.7 Å². The molecule has 27 heavy (non-hydrogen) atoms. The number of ether oxygens (including phenoxy) is 1. The van der Waals surface area contributed by atoms with E-state index in [1.807, 2.05) is 0 Å². The van der Waals surface area contributed by atoms with Crippen molar-refractivity contribution in [3.8, 4) is 5.75 Å². The van der Waals surface area contributed by atoms with Crippen LogP contribution in [0.3, 0.4) is 0 Å². The number of nitrogens with zero attached hydrogens (tertiary/aromatic N) is 4. The molecular weight excluding hydrogens is 342 g/mol. The summed E-state index contributed by atoms with van der Waals surface area (Å²) < 4.78 is 5.86. The molecule has 7 heteroatoms. The highest BCUT2D eigenvalue weighted by Crippen LogP contribution is 2.36. The van der Waals surface area contributed by atoms with E-state index in [9.17, 15) is 4.79 Å². The molecule has 2 aromatic heterocycles. The molecule has 1 saturated heterocycles. The van der Waals surface area contributed by atoms with Crippen molar-refractivity contribution in [2.24, 2.45) is 11.7 Å². The van der Waals surface area contributed by atoms with Crippen LogP contribution in [0.2, 0.25) is 0 Å². The third kappa shape index (κ3) is 4.18. The fraction of sp³-hybridized carbons (Fsp3) is 0.500. The summed E-state index contributed by atoms with van der Waals surface area (Å²) in [6, 6.07) is 5.52. The van der Waals surface area contributed by atoms with Crippen LogP contribution >= 0.6 is 0 Å². The van der Waals surface area contributed by atoms with Crippen LogP contribution in [0, 0.1) is 5.92 Å². The van der Waals surface area contributed by atoms with Gasteiger partial charge in [-0.2, -0.15) is 0 Å². The second-order valence-corrected chi connectivity index (χ2v) is 7.41. The van der Waals surface area contributed by atoms with E-state index in [0.29, 0.717) is 24.2 Å². The van der Waals surface area contributed by atoms with Crippen molar-refractivity contribution >= 4 is 11.7 Å². The first-order chi connectivity index (χ1) is 13.2. The summed E-state index contributed by atoms with van der Waals surface area (Å²) in [7, 11) is 0. The Morgan fingerprint density at radius 2 is 1.96 bits per heavy atom. The summed E-state index contributed by atoms with van der Waals surface area (Å²) in [4.78, 5) is 26.4. The number of hydrogen-bond acceptors (Lipinski definition) is 6. The zero-order chi connectivity index (χ0) is 18.6. The third-order valence-corrected chi connectivity index (χ3v) is 5.61. The van der Waals surface area contributed by atoms with Crippen LogP contribution < -0.4 is 15.4 Å². The van der Waals surface area contributed by atoms with Crippen LogP contribution in [0.25, 0.3) is 0 Å². The maximum atomic E-state index is 11.2. The van der Waals surface area contributed by atoms with Gasteiger partial charge < -0.3 is 15.4 Å². The second-order valence-electron chi connectivity index (χ2n) is 7.41. The molecule has 2 N–H and O–H groups in total. The number of nitrogens with two attached hydrogens (primary N) is 1. The first-order valence-corrected chi connectivity index (χ1v) is 9.64. The zero-order valence-corrected chi connectivity index (χ0v) is 15.4. The van der Waals surface area contributed by atoms with Gasteiger partial charge in [0, 0.05) is 43.0 Å². The highest BCUT2D eigenvalue weighted by Gasteiger charge is 2.24. The maximum Gasteiger partial charge on any atom is 0.267 e. The summed E-state index contributed by atoms with van der Waals surface area (Å²) in [6.45, 7) is 2.57. The van der Waals surface area contributed by atoms with Crippen molar-refractivity contribution < 1.29 is 9.53 Å². The Labute approximate surface area is 159 Å². The molecule has 0 unspecified atom stereocenters. The lowest BCUT2D eigenvalue weighted by Crippen LogP contribution is -2.36. The number of pyridine rings is 1. The van der Waals surface area contributed by atoms with E-state index in [1.165, 1.54) is 25.0 Å². The Balaban J connectivity index is 1.29. The first kappa shape index (κ1) is 17.7. The largest absolute Gasteiger partial charge is 0.493 e. The minimum Gasteiger partial charge on any atom is -0.493 e. The quantitative estimate of drug-likeness (QED) is 0.843. The zero-order valence-electron chi connectivity index (χ0n) is 15.4. The van der Waals surface area contributed by atoms with Gasteiger partial charge in [-0.3, -0.25) is 9.78 Å². The molecule has 0 radical (unpaired) electrons. The van der Waals surface area contributed by atoms with Gasteiger partial charge >= 0.3 is 0 Å². The lowest BCUT2D eigenvalue weighted by molar-refractivity contribution is 0.0995. The Morgan fingerprint density at radius 1 is 1.15 bits per heavy atom. The van der Waals surface area contributed by atoms with Crippen molar-refractivity contribution in [2.45, 2.75) is 38.0 Å². The van der Waals surface area contributed by atoms with Crippen molar-refractivity contribution in [3.05, 3.63) is 42.1 Å².